The van der Waals surface area contributed by atoms with E-state index in [-0.39, 0.29) is 12.6 Å². The third-order valence-electron chi connectivity index (χ3n) is 3.83. The van der Waals surface area contributed by atoms with E-state index in [0.29, 0.717) is 16.7 Å². The van der Waals surface area contributed by atoms with E-state index in [1.54, 1.807) is 12.1 Å². The Hall–Kier alpha value is -3.06. The summed E-state index contributed by atoms with van der Waals surface area (Å²) in [6.45, 7) is 2.15. The second-order valence-electron chi connectivity index (χ2n) is 5.26. The number of rotatable bonds is 4. The van der Waals surface area contributed by atoms with Gasteiger partial charge in [0.25, 0.3) is 0 Å². The highest BCUT2D eigenvalue weighted by Gasteiger charge is 2.13. The average molecular weight is 304 g/mol. The molecule has 0 saturated carbocycles. The van der Waals surface area contributed by atoms with Crippen molar-refractivity contribution < 1.29 is 9.53 Å². The Morgan fingerprint density at radius 2 is 2.00 bits per heavy atom. The van der Waals surface area contributed by atoms with Crippen molar-refractivity contribution in [2.75, 3.05) is 0 Å². The maximum Gasteiger partial charge on any atom is 0.338 e. The molecule has 0 saturated heterocycles. The van der Waals surface area contributed by atoms with Crippen molar-refractivity contribution in [3.05, 3.63) is 77.1 Å². The summed E-state index contributed by atoms with van der Waals surface area (Å²) < 4.78 is 7.22. The molecule has 114 valence electrons. The second-order valence-corrected chi connectivity index (χ2v) is 5.26. The van der Waals surface area contributed by atoms with Gasteiger partial charge in [0.05, 0.1) is 16.6 Å². The summed E-state index contributed by atoms with van der Waals surface area (Å²) in [4.78, 5) is 12.1. The van der Waals surface area contributed by atoms with Crippen LogP contribution in [0.15, 0.2) is 54.9 Å². The van der Waals surface area contributed by atoms with E-state index in [9.17, 15) is 10.1 Å². The Morgan fingerprint density at radius 1 is 1.22 bits per heavy atom. The Balaban J connectivity index is 1.77. The first-order chi connectivity index (χ1) is 11.2. The molecule has 23 heavy (non-hydrogen) atoms. The zero-order valence-corrected chi connectivity index (χ0v) is 12.8. The Kier molecular flexibility index (Phi) is 4.11. The zero-order chi connectivity index (χ0) is 16.2. The molecule has 0 fully saturated rings. The van der Waals surface area contributed by atoms with E-state index >= 15 is 0 Å². The molecule has 4 nitrogen and oxygen atoms in total. The van der Waals surface area contributed by atoms with Crippen LogP contribution in [0.5, 0.6) is 0 Å². The van der Waals surface area contributed by atoms with E-state index in [1.165, 1.54) is 5.56 Å². The van der Waals surface area contributed by atoms with Gasteiger partial charge in [0, 0.05) is 18.0 Å². The molecule has 3 aromatic rings. The highest BCUT2D eigenvalue weighted by Crippen LogP contribution is 2.19. The van der Waals surface area contributed by atoms with Crippen LogP contribution in [0.3, 0.4) is 0 Å². The van der Waals surface area contributed by atoms with E-state index < -0.39 is 0 Å². The topological polar surface area (TPSA) is 54.5 Å². The van der Waals surface area contributed by atoms with Crippen molar-refractivity contribution in [2.24, 2.45) is 0 Å². The first-order valence-electron chi connectivity index (χ1n) is 7.47. The monoisotopic (exact) mass is 304 g/mol. The molecule has 0 aliphatic heterocycles. The highest BCUT2D eigenvalue weighted by atomic mass is 16.5. The molecule has 0 unspecified atom stereocenters. The van der Waals surface area contributed by atoms with Gasteiger partial charge in [0.1, 0.15) is 12.7 Å². The predicted molar refractivity (Wildman–Crippen MR) is 87.1 cm³/mol. The van der Waals surface area contributed by atoms with Gasteiger partial charge >= 0.3 is 5.97 Å². The molecular formula is C19H16N2O2. The van der Waals surface area contributed by atoms with Crippen LogP contribution in [-0.2, 0) is 17.8 Å². The van der Waals surface area contributed by atoms with E-state index in [1.807, 2.05) is 47.1 Å². The molecular weight excluding hydrogens is 288 g/mol. The number of benzene rings is 1. The number of carbonyl (C=O) groups excluding carboxylic acids is 1. The van der Waals surface area contributed by atoms with Crippen molar-refractivity contribution in [1.82, 2.24) is 4.40 Å². The molecule has 0 amide bonds. The number of aromatic nitrogens is 1. The zero-order valence-electron chi connectivity index (χ0n) is 12.8. The van der Waals surface area contributed by atoms with Gasteiger partial charge in [-0.3, -0.25) is 0 Å². The predicted octanol–water partition coefficient (Wildman–Crippen LogP) is 3.73. The number of hydrogen-bond donors (Lipinski definition) is 0. The molecule has 0 N–H and O–H groups in total. The van der Waals surface area contributed by atoms with Gasteiger partial charge in [0.2, 0.25) is 0 Å². The fourth-order valence-corrected chi connectivity index (χ4v) is 2.52. The number of pyridine rings is 1. The lowest BCUT2D eigenvalue weighted by Crippen LogP contribution is -2.05. The van der Waals surface area contributed by atoms with Crippen LogP contribution in [-0.4, -0.2) is 10.4 Å². The van der Waals surface area contributed by atoms with Crippen LogP contribution in [0.2, 0.25) is 0 Å². The normalized spacial score (nSPS) is 10.4. The van der Waals surface area contributed by atoms with Crippen molar-refractivity contribution in [3.8, 4) is 6.07 Å². The van der Waals surface area contributed by atoms with Crippen LogP contribution in [0, 0.1) is 11.3 Å². The van der Waals surface area contributed by atoms with Gasteiger partial charge in [0.15, 0.2) is 0 Å². The van der Waals surface area contributed by atoms with Crippen molar-refractivity contribution in [3.63, 3.8) is 0 Å². The van der Waals surface area contributed by atoms with Crippen LogP contribution in [0.1, 0.15) is 34.0 Å². The van der Waals surface area contributed by atoms with E-state index in [4.69, 9.17) is 4.74 Å². The lowest BCUT2D eigenvalue weighted by atomic mass is 10.1. The van der Waals surface area contributed by atoms with Gasteiger partial charge in [-0.15, -0.1) is 0 Å². The molecule has 2 aromatic heterocycles. The van der Waals surface area contributed by atoms with Gasteiger partial charge < -0.3 is 9.14 Å². The average Bonchev–Trinajstić information content (AvgIpc) is 2.97. The number of esters is 1. The molecule has 0 aliphatic rings. The van der Waals surface area contributed by atoms with E-state index in [0.717, 1.165) is 11.9 Å². The maximum absolute atomic E-state index is 12.1. The maximum atomic E-state index is 12.1. The summed E-state index contributed by atoms with van der Waals surface area (Å²) in [6.07, 6.45) is 4.62. The fourth-order valence-electron chi connectivity index (χ4n) is 2.52. The summed E-state index contributed by atoms with van der Waals surface area (Å²) in [5.74, 6) is -0.383. The number of aryl methyl sites for hydroxylation is 1. The molecule has 0 spiro atoms. The summed E-state index contributed by atoms with van der Waals surface area (Å²) in [7, 11) is 0. The molecule has 0 aliphatic carbocycles. The van der Waals surface area contributed by atoms with Crippen molar-refractivity contribution in [1.29, 1.82) is 5.26 Å². The lowest BCUT2D eigenvalue weighted by Gasteiger charge is -2.04. The first-order valence-corrected chi connectivity index (χ1v) is 7.47. The van der Waals surface area contributed by atoms with Gasteiger partial charge in [-0.05, 0) is 36.2 Å². The highest BCUT2D eigenvalue weighted by molar-refractivity contribution is 5.89. The number of nitriles is 1. The van der Waals surface area contributed by atoms with Gasteiger partial charge in [-0.25, -0.2) is 4.79 Å². The van der Waals surface area contributed by atoms with Crippen molar-refractivity contribution in [2.45, 2.75) is 20.0 Å². The third-order valence-corrected chi connectivity index (χ3v) is 3.83. The van der Waals surface area contributed by atoms with Crippen LogP contribution in [0.4, 0.5) is 0 Å². The minimum Gasteiger partial charge on any atom is -0.457 e. The van der Waals surface area contributed by atoms with Gasteiger partial charge in [-0.1, -0.05) is 25.1 Å². The Bertz CT molecular complexity index is 886. The van der Waals surface area contributed by atoms with Gasteiger partial charge in [-0.2, -0.15) is 5.26 Å². The molecule has 4 heteroatoms. The molecule has 0 bridgehead atoms. The number of fused-ring (bicyclic) bond motifs is 1. The number of carbonyl (C=O) groups is 1. The standard InChI is InChI=1S/C19H16N2O2/c1-2-14-6-8-15(9-7-14)19(22)23-13-16-12-21-10-4-3-5-18(21)17(16)11-20/h3-10,12H,2,13H2,1H3. The molecule has 1 aromatic carbocycles. The summed E-state index contributed by atoms with van der Waals surface area (Å²) in [5.41, 5.74) is 3.75. The molecule has 0 radical (unpaired) electrons. The Morgan fingerprint density at radius 3 is 2.70 bits per heavy atom. The summed E-state index contributed by atoms with van der Waals surface area (Å²) >= 11 is 0. The summed E-state index contributed by atoms with van der Waals surface area (Å²) in [5, 5.41) is 9.34. The molecule has 0 atom stereocenters. The largest absolute Gasteiger partial charge is 0.457 e. The minimum atomic E-state index is -0.383. The van der Waals surface area contributed by atoms with Crippen molar-refractivity contribution >= 4 is 11.5 Å². The molecule has 3 rings (SSSR count). The second kappa shape index (κ2) is 6.37. The SMILES string of the molecule is CCc1ccc(C(=O)OCc2cn3ccccc3c2C#N)cc1. The lowest BCUT2D eigenvalue weighted by molar-refractivity contribution is 0.0472. The fraction of sp³-hybridized carbons (Fsp3) is 0.158. The smallest absolute Gasteiger partial charge is 0.338 e. The van der Waals surface area contributed by atoms with Crippen LogP contribution in [0.25, 0.3) is 5.52 Å². The first kappa shape index (κ1) is 14.9. The Labute approximate surface area is 134 Å². The number of hydrogen-bond acceptors (Lipinski definition) is 3. The van der Waals surface area contributed by atoms with Crippen LogP contribution >= 0.6 is 0 Å². The van der Waals surface area contributed by atoms with E-state index in [2.05, 4.69) is 13.0 Å². The summed E-state index contributed by atoms with van der Waals surface area (Å²) in [6, 6.07) is 15.2. The number of ether oxygens (including phenoxy) is 1. The molecule has 2 heterocycles. The third kappa shape index (κ3) is 2.95. The number of nitrogens with zero attached hydrogens (tertiary/aromatic N) is 2. The minimum absolute atomic E-state index is 0.0823. The quantitative estimate of drug-likeness (QED) is 0.690. The van der Waals surface area contributed by atoms with Crippen LogP contribution < -0.4 is 0 Å².